The van der Waals surface area contributed by atoms with Crippen LogP contribution in [0.1, 0.15) is 20.8 Å². The summed E-state index contributed by atoms with van der Waals surface area (Å²) >= 11 is 0. The summed E-state index contributed by atoms with van der Waals surface area (Å²) in [6.45, 7) is 11.4. The summed E-state index contributed by atoms with van der Waals surface area (Å²) in [5.74, 6) is 0. The largest absolute Gasteiger partial charge is 0.378 e. The average Bonchev–Trinajstić information content (AvgIpc) is 2.29. The van der Waals surface area contributed by atoms with Crippen LogP contribution in [0.5, 0.6) is 0 Å². The van der Waals surface area contributed by atoms with Crippen molar-refractivity contribution in [3.63, 3.8) is 0 Å². The molecule has 110 valence electrons. The quantitative estimate of drug-likeness (QED) is 0.534. The van der Waals surface area contributed by atoms with Gasteiger partial charge in [-0.1, -0.05) is 0 Å². The topological polar surface area (TPSA) is 49.0 Å². The van der Waals surface area contributed by atoms with E-state index in [1.54, 1.807) is 0 Å². The van der Waals surface area contributed by atoms with Crippen LogP contribution >= 0.6 is 0 Å². The third-order valence-electron chi connectivity index (χ3n) is 2.00. The van der Waals surface area contributed by atoms with Gasteiger partial charge in [0, 0.05) is 6.54 Å². The molecule has 0 rings (SSSR count). The lowest BCUT2D eigenvalue weighted by molar-refractivity contribution is -0.0449. The first kappa shape index (κ1) is 17.8. The van der Waals surface area contributed by atoms with Gasteiger partial charge >= 0.3 is 0 Å². The van der Waals surface area contributed by atoms with Gasteiger partial charge in [0.1, 0.15) is 0 Å². The lowest BCUT2D eigenvalue weighted by atomic mass is 10.2. The Kier molecular flexibility index (Phi) is 11.7. The summed E-state index contributed by atoms with van der Waals surface area (Å²) in [5, 5.41) is 3.01. The summed E-state index contributed by atoms with van der Waals surface area (Å²) in [5.41, 5.74) is -0.0927. The number of likely N-dealkylation sites (N-methyl/N-ethyl adjacent to an activating group) is 1. The van der Waals surface area contributed by atoms with Gasteiger partial charge in [0.05, 0.1) is 51.8 Å². The van der Waals surface area contributed by atoms with Gasteiger partial charge in [0.25, 0.3) is 0 Å². The molecular formula is C13H29NO4. The Morgan fingerprint density at radius 2 is 1.17 bits per heavy atom. The molecule has 0 aliphatic carbocycles. The Hall–Kier alpha value is -0.200. The maximum Gasteiger partial charge on any atom is 0.0707 e. The Bertz CT molecular complexity index is 171. The van der Waals surface area contributed by atoms with E-state index in [0.717, 1.165) is 13.2 Å². The van der Waals surface area contributed by atoms with Crippen LogP contribution in [0.15, 0.2) is 0 Å². The van der Waals surface area contributed by atoms with Crippen LogP contribution in [0.4, 0.5) is 0 Å². The molecule has 0 spiro atoms. The van der Waals surface area contributed by atoms with Crippen molar-refractivity contribution in [2.24, 2.45) is 0 Å². The van der Waals surface area contributed by atoms with E-state index in [1.807, 2.05) is 27.8 Å². The van der Waals surface area contributed by atoms with Crippen molar-refractivity contribution in [2.45, 2.75) is 26.4 Å². The minimum Gasteiger partial charge on any atom is -0.378 e. The zero-order valence-corrected chi connectivity index (χ0v) is 12.3. The third kappa shape index (κ3) is 15.8. The molecule has 0 aromatic heterocycles. The van der Waals surface area contributed by atoms with Crippen molar-refractivity contribution in [3.05, 3.63) is 0 Å². The van der Waals surface area contributed by atoms with E-state index in [-0.39, 0.29) is 5.60 Å². The van der Waals surface area contributed by atoms with Crippen molar-refractivity contribution in [2.75, 3.05) is 59.8 Å². The van der Waals surface area contributed by atoms with Crippen LogP contribution in [0.3, 0.4) is 0 Å². The van der Waals surface area contributed by atoms with Gasteiger partial charge in [-0.2, -0.15) is 0 Å². The van der Waals surface area contributed by atoms with E-state index in [1.165, 1.54) is 0 Å². The summed E-state index contributed by atoms with van der Waals surface area (Å²) in [6.07, 6.45) is 0. The van der Waals surface area contributed by atoms with Crippen LogP contribution in [0, 0.1) is 0 Å². The minimum atomic E-state index is -0.0927. The first-order chi connectivity index (χ1) is 8.56. The molecule has 0 saturated heterocycles. The summed E-state index contributed by atoms with van der Waals surface area (Å²) in [7, 11) is 1.90. The van der Waals surface area contributed by atoms with Crippen molar-refractivity contribution < 1.29 is 18.9 Å². The van der Waals surface area contributed by atoms with E-state index in [4.69, 9.17) is 18.9 Å². The Balaban J connectivity index is 2.99. The van der Waals surface area contributed by atoms with Crippen LogP contribution < -0.4 is 5.32 Å². The second-order valence-electron chi connectivity index (χ2n) is 4.90. The average molecular weight is 263 g/mol. The van der Waals surface area contributed by atoms with E-state index in [0.29, 0.717) is 39.6 Å². The molecule has 0 aliphatic heterocycles. The van der Waals surface area contributed by atoms with Crippen LogP contribution in [-0.2, 0) is 18.9 Å². The van der Waals surface area contributed by atoms with Gasteiger partial charge in [-0.05, 0) is 27.8 Å². The Morgan fingerprint density at radius 3 is 1.61 bits per heavy atom. The van der Waals surface area contributed by atoms with Gasteiger partial charge in [-0.15, -0.1) is 0 Å². The zero-order chi connectivity index (χ0) is 13.7. The molecule has 0 radical (unpaired) electrons. The fourth-order valence-corrected chi connectivity index (χ4v) is 1.12. The number of rotatable bonds is 12. The molecule has 0 amide bonds. The zero-order valence-electron chi connectivity index (χ0n) is 12.3. The molecule has 5 heteroatoms. The predicted molar refractivity (Wildman–Crippen MR) is 72.1 cm³/mol. The van der Waals surface area contributed by atoms with Gasteiger partial charge in [0.15, 0.2) is 0 Å². The molecule has 0 fully saturated rings. The van der Waals surface area contributed by atoms with Crippen molar-refractivity contribution in [1.29, 1.82) is 0 Å². The molecule has 18 heavy (non-hydrogen) atoms. The molecule has 1 N–H and O–H groups in total. The summed E-state index contributed by atoms with van der Waals surface area (Å²) in [6, 6.07) is 0. The predicted octanol–water partition coefficient (Wildman–Crippen LogP) is 1.07. The number of ether oxygens (including phenoxy) is 4. The van der Waals surface area contributed by atoms with Crippen molar-refractivity contribution >= 4 is 0 Å². The smallest absolute Gasteiger partial charge is 0.0707 e. The highest BCUT2D eigenvalue weighted by Crippen LogP contribution is 2.05. The maximum atomic E-state index is 5.52. The Labute approximate surface area is 111 Å². The molecule has 0 saturated carbocycles. The fraction of sp³-hybridized carbons (Fsp3) is 1.00. The molecule has 0 atom stereocenters. The fourth-order valence-electron chi connectivity index (χ4n) is 1.12. The van der Waals surface area contributed by atoms with Crippen molar-refractivity contribution in [3.8, 4) is 0 Å². The Morgan fingerprint density at radius 1 is 0.722 bits per heavy atom. The summed E-state index contributed by atoms with van der Waals surface area (Å²) < 4.78 is 21.6. The standard InChI is InChI=1S/C13H29NO4/c1-13(2,3)18-12-11-17-10-9-16-8-7-15-6-5-14-4/h14H,5-12H2,1-4H3. The first-order valence-corrected chi connectivity index (χ1v) is 6.58. The number of hydrogen-bond donors (Lipinski definition) is 1. The normalized spacial score (nSPS) is 12.0. The van der Waals surface area contributed by atoms with Crippen molar-refractivity contribution in [1.82, 2.24) is 5.32 Å². The SMILES string of the molecule is CNCCOCCOCCOCCOC(C)(C)C. The van der Waals surface area contributed by atoms with Gasteiger partial charge in [0.2, 0.25) is 0 Å². The monoisotopic (exact) mass is 263 g/mol. The van der Waals surface area contributed by atoms with Gasteiger partial charge in [-0.25, -0.2) is 0 Å². The van der Waals surface area contributed by atoms with Crippen LogP contribution in [-0.4, -0.2) is 65.4 Å². The maximum absolute atomic E-state index is 5.52. The highest BCUT2D eigenvalue weighted by Gasteiger charge is 2.08. The molecule has 0 aromatic carbocycles. The molecule has 0 bridgehead atoms. The molecule has 0 unspecified atom stereocenters. The molecule has 0 aromatic rings. The van der Waals surface area contributed by atoms with Crippen LogP contribution in [0.25, 0.3) is 0 Å². The van der Waals surface area contributed by atoms with E-state index >= 15 is 0 Å². The van der Waals surface area contributed by atoms with E-state index in [2.05, 4.69) is 5.32 Å². The second kappa shape index (κ2) is 11.9. The first-order valence-electron chi connectivity index (χ1n) is 6.58. The van der Waals surface area contributed by atoms with Crippen LogP contribution in [0.2, 0.25) is 0 Å². The van der Waals surface area contributed by atoms with Gasteiger partial charge in [-0.3, -0.25) is 0 Å². The minimum absolute atomic E-state index is 0.0927. The second-order valence-corrected chi connectivity index (χ2v) is 4.90. The third-order valence-corrected chi connectivity index (χ3v) is 2.00. The summed E-state index contributed by atoms with van der Waals surface area (Å²) in [4.78, 5) is 0. The lowest BCUT2D eigenvalue weighted by Gasteiger charge is -2.19. The molecular weight excluding hydrogens is 234 g/mol. The van der Waals surface area contributed by atoms with E-state index < -0.39 is 0 Å². The molecule has 0 heterocycles. The number of nitrogens with one attached hydrogen (secondary N) is 1. The number of hydrogen-bond acceptors (Lipinski definition) is 5. The lowest BCUT2D eigenvalue weighted by Crippen LogP contribution is -2.22. The molecule has 0 aliphatic rings. The highest BCUT2D eigenvalue weighted by atomic mass is 16.6. The highest BCUT2D eigenvalue weighted by molar-refractivity contribution is 4.57. The molecule has 5 nitrogen and oxygen atoms in total. The van der Waals surface area contributed by atoms with Gasteiger partial charge < -0.3 is 24.3 Å². The van der Waals surface area contributed by atoms with E-state index in [9.17, 15) is 0 Å².